The number of hydrogen-bond acceptors (Lipinski definition) is 3. The van der Waals surface area contributed by atoms with E-state index in [0.717, 1.165) is 25.7 Å². The molecule has 0 unspecified atom stereocenters. The van der Waals surface area contributed by atoms with E-state index in [2.05, 4.69) is 29.6 Å². The highest BCUT2D eigenvalue weighted by Gasteiger charge is 2.33. The number of piperidine rings is 1. The van der Waals surface area contributed by atoms with Crippen LogP contribution in [0.3, 0.4) is 0 Å². The predicted molar refractivity (Wildman–Crippen MR) is 116 cm³/mol. The van der Waals surface area contributed by atoms with E-state index in [-0.39, 0.29) is 18.1 Å². The van der Waals surface area contributed by atoms with Gasteiger partial charge in [0.1, 0.15) is 0 Å². The van der Waals surface area contributed by atoms with Gasteiger partial charge in [-0.15, -0.1) is 0 Å². The first kappa shape index (κ1) is 22.1. The van der Waals surface area contributed by atoms with Gasteiger partial charge in [-0.25, -0.2) is 17.5 Å². The molecule has 2 amide bonds. The van der Waals surface area contributed by atoms with Crippen molar-refractivity contribution in [1.82, 2.24) is 14.5 Å². The van der Waals surface area contributed by atoms with Gasteiger partial charge in [0.2, 0.25) is 10.0 Å². The lowest BCUT2D eigenvalue weighted by molar-refractivity contribution is 0.157. The zero-order valence-corrected chi connectivity index (χ0v) is 18.7. The minimum Gasteiger partial charge on any atom is -0.335 e. The van der Waals surface area contributed by atoms with E-state index in [1.54, 1.807) is 23.1 Å². The van der Waals surface area contributed by atoms with Gasteiger partial charge in [0.25, 0.3) is 0 Å². The maximum atomic E-state index is 12.7. The zero-order valence-electron chi connectivity index (χ0n) is 17.9. The molecule has 1 aromatic rings. The highest BCUT2D eigenvalue weighted by atomic mass is 32.2. The largest absolute Gasteiger partial charge is 0.335 e. The molecule has 1 aromatic carbocycles. The Morgan fingerprint density at radius 1 is 1.03 bits per heavy atom. The summed E-state index contributed by atoms with van der Waals surface area (Å²) in [6, 6.07) is 10.9. The number of carbonyl (C=O) groups excluding carboxylic acids is 1. The Hall–Kier alpha value is -1.60. The van der Waals surface area contributed by atoms with Gasteiger partial charge in [0.15, 0.2) is 0 Å². The number of benzene rings is 1. The second kappa shape index (κ2) is 9.47. The maximum Gasteiger partial charge on any atom is 0.317 e. The summed E-state index contributed by atoms with van der Waals surface area (Å²) in [5.74, 6) is 0.592. The van der Waals surface area contributed by atoms with Crippen molar-refractivity contribution in [3.8, 4) is 0 Å². The lowest BCUT2D eigenvalue weighted by atomic mass is 9.82. The first-order valence-corrected chi connectivity index (χ1v) is 12.4. The van der Waals surface area contributed by atoms with Gasteiger partial charge in [-0.05, 0) is 63.9 Å². The lowest BCUT2D eigenvalue weighted by Crippen LogP contribution is -2.52. The van der Waals surface area contributed by atoms with Gasteiger partial charge in [0, 0.05) is 32.2 Å². The highest BCUT2D eigenvalue weighted by molar-refractivity contribution is 7.89. The Labute approximate surface area is 175 Å². The molecule has 2 aliphatic rings. The number of amides is 2. The van der Waals surface area contributed by atoms with Crippen LogP contribution in [0.1, 0.15) is 63.9 Å². The van der Waals surface area contributed by atoms with Crippen LogP contribution in [0.5, 0.6) is 0 Å². The number of sulfonamides is 1. The number of urea groups is 1. The molecule has 0 radical (unpaired) electrons. The fraction of sp³-hybridized carbons (Fsp3) is 0.682. The van der Waals surface area contributed by atoms with Gasteiger partial charge < -0.3 is 10.2 Å². The molecule has 0 bridgehead atoms. The maximum absolute atomic E-state index is 12.7. The third-order valence-electron chi connectivity index (χ3n) is 6.57. The van der Waals surface area contributed by atoms with E-state index in [1.807, 2.05) is 13.1 Å². The molecule has 0 atom stereocenters. The van der Waals surface area contributed by atoms with Gasteiger partial charge >= 0.3 is 6.03 Å². The van der Waals surface area contributed by atoms with Crippen LogP contribution in [0.4, 0.5) is 4.79 Å². The van der Waals surface area contributed by atoms with E-state index < -0.39 is 15.3 Å². The molecule has 0 spiro atoms. The second-order valence-electron chi connectivity index (χ2n) is 8.74. The summed E-state index contributed by atoms with van der Waals surface area (Å²) in [7, 11) is -1.37. The highest BCUT2D eigenvalue weighted by Crippen LogP contribution is 2.32. The topological polar surface area (TPSA) is 69.7 Å². The van der Waals surface area contributed by atoms with Crippen molar-refractivity contribution in [2.24, 2.45) is 0 Å². The summed E-state index contributed by atoms with van der Waals surface area (Å²) >= 11 is 0. The fourth-order valence-corrected chi connectivity index (χ4v) is 5.84. The normalized spacial score (nSPS) is 24.4. The van der Waals surface area contributed by atoms with Crippen LogP contribution in [0.25, 0.3) is 0 Å². The Kier molecular flexibility index (Phi) is 7.22. The summed E-state index contributed by atoms with van der Waals surface area (Å²) in [4.78, 5) is 14.5. The van der Waals surface area contributed by atoms with Crippen LogP contribution in [0.2, 0.25) is 0 Å². The lowest BCUT2D eigenvalue weighted by Gasteiger charge is -2.38. The van der Waals surface area contributed by atoms with E-state index in [0.29, 0.717) is 31.8 Å². The van der Waals surface area contributed by atoms with E-state index in [1.165, 1.54) is 5.56 Å². The van der Waals surface area contributed by atoms with E-state index >= 15 is 0 Å². The number of carbonyl (C=O) groups is 1. The first-order chi connectivity index (χ1) is 13.8. The molecular formula is C22H35N3O3S. The molecule has 29 heavy (non-hydrogen) atoms. The Morgan fingerprint density at radius 3 is 2.17 bits per heavy atom. The molecule has 7 heteroatoms. The molecule has 6 nitrogen and oxygen atoms in total. The van der Waals surface area contributed by atoms with E-state index in [4.69, 9.17) is 0 Å². The Morgan fingerprint density at radius 2 is 1.62 bits per heavy atom. The van der Waals surface area contributed by atoms with Crippen molar-refractivity contribution < 1.29 is 13.2 Å². The van der Waals surface area contributed by atoms with Crippen LogP contribution in [-0.2, 0) is 10.0 Å². The van der Waals surface area contributed by atoms with Crippen LogP contribution in [-0.4, -0.2) is 61.1 Å². The van der Waals surface area contributed by atoms with Crippen molar-refractivity contribution in [3.63, 3.8) is 0 Å². The third-order valence-corrected chi connectivity index (χ3v) is 8.85. The smallest absolute Gasteiger partial charge is 0.317 e. The number of hydrogen-bond donors (Lipinski definition) is 1. The van der Waals surface area contributed by atoms with Crippen LogP contribution >= 0.6 is 0 Å². The standard InChI is InChI=1S/C22H35N3O3S/c1-17(2)29(27,28)25-15-13-21(14-16-25)24(3)22(26)23-20-11-9-19(10-12-20)18-7-5-4-6-8-18/h4-8,17,19-21H,9-16H2,1-3H3,(H,23,26)/t19-,20+. The Bertz CT molecular complexity index is 766. The number of nitrogens with zero attached hydrogens (tertiary/aromatic N) is 2. The van der Waals surface area contributed by atoms with Crippen molar-refractivity contribution in [2.75, 3.05) is 20.1 Å². The summed E-state index contributed by atoms with van der Waals surface area (Å²) in [5.41, 5.74) is 1.40. The van der Waals surface area contributed by atoms with Crippen LogP contribution in [0.15, 0.2) is 30.3 Å². The van der Waals surface area contributed by atoms with Gasteiger partial charge in [-0.2, -0.15) is 0 Å². The molecule has 2 fully saturated rings. The monoisotopic (exact) mass is 421 g/mol. The molecule has 1 heterocycles. The molecule has 1 aliphatic carbocycles. The number of rotatable bonds is 5. The summed E-state index contributed by atoms with van der Waals surface area (Å²) in [6.45, 7) is 4.41. The van der Waals surface area contributed by atoms with Crippen LogP contribution < -0.4 is 5.32 Å². The fourth-order valence-electron chi connectivity index (χ4n) is 4.52. The van der Waals surface area contributed by atoms with Gasteiger partial charge in [0.05, 0.1) is 5.25 Å². The summed E-state index contributed by atoms with van der Waals surface area (Å²) < 4.78 is 26.2. The molecule has 0 aromatic heterocycles. The van der Waals surface area contributed by atoms with Crippen molar-refractivity contribution in [1.29, 1.82) is 0 Å². The molecular weight excluding hydrogens is 386 g/mol. The predicted octanol–water partition coefficient (Wildman–Crippen LogP) is 3.56. The third kappa shape index (κ3) is 5.31. The average Bonchev–Trinajstić information content (AvgIpc) is 2.74. The SMILES string of the molecule is CC(C)S(=O)(=O)N1CCC(N(C)C(=O)N[C@H]2CC[C@@H](c3ccccc3)CC2)CC1. The molecule has 162 valence electrons. The first-order valence-electron chi connectivity index (χ1n) is 10.9. The number of nitrogens with one attached hydrogen (secondary N) is 1. The van der Waals surface area contributed by atoms with Gasteiger partial charge in [-0.1, -0.05) is 30.3 Å². The molecule has 1 saturated carbocycles. The average molecular weight is 422 g/mol. The van der Waals surface area contributed by atoms with Crippen molar-refractivity contribution in [2.45, 2.75) is 75.6 Å². The van der Waals surface area contributed by atoms with Crippen molar-refractivity contribution >= 4 is 16.1 Å². The molecule has 1 saturated heterocycles. The van der Waals surface area contributed by atoms with Gasteiger partial charge in [-0.3, -0.25) is 0 Å². The molecule has 3 rings (SSSR count). The van der Waals surface area contributed by atoms with E-state index in [9.17, 15) is 13.2 Å². The van der Waals surface area contributed by atoms with Crippen molar-refractivity contribution in [3.05, 3.63) is 35.9 Å². The zero-order chi connectivity index (χ0) is 21.0. The molecule has 1 N–H and O–H groups in total. The minimum absolute atomic E-state index is 0.0293. The summed E-state index contributed by atoms with van der Waals surface area (Å²) in [6.07, 6.45) is 5.59. The quantitative estimate of drug-likeness (QED) is 0.790. The van der Waals surface area contributed by atoms with Crippen LogP contribution in [0, 0.1) is 0 Å². The second-order valence-corrected chi connectivity index (χ2v) is 11.2. The Balaban J connectivity index is 1.45. The summed E-state index contributed by atoms with van der Waals surface area (Å²) in [5, 5.41) is 2.81. The minimum atomic E-state index is -3.21. The molecule has 1 aliphatic heterocycles.